The molecule has 22 heavy (non-hydrogen) atoms. The number of nitro groups is 1. The zero-order chi connectivity index (χ0) is 15.9. The van der Waals surface area contributed by atoms with Gasteiger partial charge in [-0.2, -0.15) is 10.2 Å². The van der Waals surface area contributed by atoms with E-state index in [-0.39, 0.29) is 11.7 Å². The Morgan fingerprint density at radius 2 is 2.05 bits per heavy atom. The molecule has 0 spiro atoms. The number of nitrogens with zero attached hydrogens (tertiary/aromatic N) is 5. The number of hydrogen-bond donors (Lipinski definition) is 2. The first-order chi connectivity index (χ1) is 10.5. The van der Waals surface area contributed by atoms with Crippen LogP contribution in [0.25, 0.3) is 0 Å². The Kier molecular flexibility index (Phi) is 5.07. The molecule has 10 nitrogen and oxygen atoms in total. The zero-order valence-corrected chi connectivity index (χ0v) is 12.1. The van der Waals surface area contributed by atoms with E-state index in [0.717, 1.165) is 5.56 Å². The van der Waals surface area contributed by atoms with Crippen LogP contribution in [0.5, 0.6) is 0 Å². The molecule has 0 aliphatic heterocycles. The Bertz CT molecular complexity index is 649. The van der Waals surface area contributed by atoms with Crippen molar-refractivity contribution < 1.29 is 9.72 Å². The van der Waals surface area contributed by atoms with Gasteiger partial charge in [0.25, 0.3) is 0 Å². The first-order valence-corrected chi connectivity index (χ1v) is 6.70. The van der Waals surface area contributed by atoms with Crippen molar-refractivity contribution in [2.75, 3.05) is 13.1 Å². The van der Waals surface area contributed by atoms with Crippen molar-refractivity contribution in [3.05, 3.63) is 40.5 Å². The van der Waals surface area contributed by atoms with E-state index in [4.69, 9.17) is 0 Å². The third-order valence-corrected chi connectivity index (χ3v) is 2.91. The molecule has 2 aromatic rings. The molecule has 0 saturated carbocycles. The number of aryl methyl sites for hydroxylation is 1. The summed E-state index contributed by atoms with van der Waals surface area (Å²) < 4.78 is 3.12. The lowest BCUT2D eigenvalue weighted by molar-refractivity contribution is -0.385. The van der Waals surface area contributed by atoms with Crippen LogP contribution in [0.2, 0.25) is 0 Å². The Hall–Kier alpha value is -2.91. The lowest BCUT2D eigenvalue weighted by Gasteiger charge is -2.06. The van der Waals surface area contributed by atoms with Crippen molar-refractivity contribution in [1.29, 1.82) is 0 Å². The minimum absolute atomic E-state index is 0.0686. The number of nitrogens with one attached hydrogen (secondary N) is 2. The number of urea groups is 1. The summed E-state index contributed by atoms with van der Waals surface area (Å²) in [6.45, 7) is 1.20. The van der Waals surface area contributed by atoms with Crippen LogP contribution in [0.1, 0.15) is 5.56 Å². The van der Waals surface area contributed by atoms with Gasteiger partial charge >= 0.3 is 11.7 Å². The first kappa shape index (κ1) is 15.5. The number of aromatic nitrogens is 4. The van der Waals surface area contributed by atoms with E-state index in [0.29, 0.717) is 26.1 Å². The van der Waals surface area contributed by atoms with E-state index < -0.39 is 4.92 Å². The third-order valence-electron chi connectivity index (χ3n) is 2.91. The van der Waals surface area contributed by atoms with Crippen molar-refractivity contribution >= 4 is 11.7 Å². The van der Waals surface area contributed by atoms with Crippen molar-refractivity contribution in [3.8, 4) is 0 Å². The van der Waals surface area contributed by atoms with Gasteiger partial charge in [0.2, 0.25) is 0 Å². The standard InChI is InChI=1S/C12H17N7O3/c1-17-8-10(6-15-17)2-3-13-12(20)14-4-5-18-9-11(7-16-18)19(21)22/h6-9H,2-5H2,1H3,(H2,13,14,20). The molecule has 2 N–H and O–H groups in total. The van der Waals surface area contributed by atoms with Crippen molar-refractivity contribution in [3.63, 3.8) is 0 Å². The molecule has 2 amide bonds. The van der Waals surface area contributed by atoms with E-state index in [2.05, 4.69) is 20.8 Å². The minimum Gasteiger partial charge on any atom is -0.338 e. The predicted octanol–water partition coefficient (Wildman–Crippen LogP) is 0.0667. The van der Waals surface area contributed by atoms with E-state index >= 15 is 0 Å². The van der Waals surface area contributed by atoms with Crippen LogP contribution in [0, 0.1) is 10.1 Å². The highest BCUT2D eigenvalue weighted by Crippen LogP contribution is 2.06. The molecule has 0 aromatic carbocycles. The molecule has 0 saturated heterocycles. The topological polar surface area (TPSA) is 120 Å². The highest BCUT2D eigenvalue weighted by Gasteiger charge is 2.08. The smallest absolute Gasteiger partial charge is 0.314 e. The summed E-state index contributed by atoms with van der Waals surface area (Å²) in [5.41, 5.74) is 0.979. The average molecular weight is 307 g/mol. The van der Waals surface area contributed by atoms with Crippen molar-refractivity contribution in [2.45, 2.75) is 13.0 Å². The molecule has 0 atom stereocenters. The van der Waals surface area contributed by atoms with Gasteiger partial charge in [0.15, 0.2) is 0 Å². The number of amides is 2. The lowest BCUT2D eigenvalue weighted by Crippen LogP contribution is -2.38. The fourth-order valence-electron chi connectivity index (χ4n) is 1.84. The van der Waals surface area contributed by atoms with Crippen LogP contribution < -0.4 is 10.6 Å². The summed E-state index contributed by atoms with van der Waals surface area (Å²) in [7, 11) is 1.84. The quantitative estimate of drug-likeness (QED) is 0.554. The molecule has 2 rings (SSSR count). The molecule has 2 heterocycles. The van der Waals surface area contributed by atoms with Gasteiger partial charge in [0.1, 0.15) is 12.4 Å². The Labute approximate surface area is 126 Å². The molecule has 118 valence electrons. The fourth-order valence-corrected chi connectivity index (χ4v) is 1.84. The van der Waals surface area contributed by atoms with Gasteiger partial charge < -0.3 is 10.6 Å². The van der Waals surface area contributed by atoms with Gasteiger partial charge in [-0.15, -0.1) is 0 Å². The highest BCUT2D eigenvalue weighted by molar-refractivity contribution is 5.73. The van der Waals surface area contributed by atoms with Crippen LogP contribution >= 0.6 is 0 Å². The summed E-state index contributed by atoms with van der Waals surface area (Å²) in [5.74, 6) is 0. The second-order valence-electron chi connectivity index (χ2n) is 4.67. The van der Waals surface area contributed by atoms with E-state index in [1.54, 1.807) is 10.9 Å². The van der Waals surface area contributed by atoms with Crippen LogP contribution in [0.4, 0.5) is 10.5 Å². The summed E-state index contributed by atoms with van der Waals surface area (Å²) in [5, 5.41) is 23.8. The van der Waals surface area contributed by atoms with Crippen molar-refractivity contribution in [1.82, 2.24) is 30.2 Å². The summed E-state index contributed by atoms with van der Waals surface area (Å²) in [6.07, 6.45) is 6.84. The van der Waals surface area contributed by atoms with E-state index in [9.17, 15) is 14.9 Å². The van der Waals surface area contributed by atoms with Crippen LogP contribution in [-0.2, 0) is 20.0 Å². The number of rotatable bonds is 7. The van der Waals surface area contributed by atoms with E-state index in [1.807, 2.05) is 13.2 Å². The minimum atomic E-state index is -0.512. The van der Waals surface area contributed by atoms with Gasteiger partial charge in [-0.05, 0) is 12.0 Å². The molecule has 0 fully saturated rings. The molecule has 10 heteroatoms. The summed E-state index contributed by atoms with van der Waals surface area (Å²) >= 11 is 0. The molecule has 0 unspecified atom stereocenters. The fraction of sp³-hybridized carbons (Fsp3) is 0.417. The van der Waals surface area contributed by atoms with Gasteiger partial charge in [-0.3, -0.25) is 19.5 Å². The summed E-state index contributed by atoms with van der Waals surface area (Å²) in [4.78, 5) is 21.5. The first-order valence-electron chi connectivity index (χ1n) is 6.70. The van der Waals surface area contributed by atoms with Crippen LogP contribution in [0.3, 0.4) is 0 Å². The molecular formula is C12H17N7O3. The average Bonchev–Trinajstić information content (AvgIpc) is 3.08. The SMILES string of the molecule is Cn1cc(CCNC(=O)NCCn2cc([N+](=O)[O-])cn2)cn1. The van der Waals surface area contributed by atoms with Crippen molar-refractivity contribution in [2.24, 2.45) is 7.05 Å². The highest BCUT2D eigenvalue weighted by atomic mass is 16.6. The Morgan fingerprint density at radius 1 is 1.27 bits per heavy atom. The zero-order valence-electron chi connectivity index (χ0n) is 12.1. The number of carbonyl (C=O) groups is 1. The van der Waals surface area contributed by atoms with E-state index in [1.165, 1.54) is 17.1 Å². The normalized spacial score (nSPS) is 10.4. The Morgan fingerprint density at radius 3 is 2.68 bits per heavy atom. The molecule has 0 radical (unpaired) electrons. The second kappa shape index (κ2) is 7.20. The maximum atomic E-state index is 11.6. The molecule has 0 aliphatic rings. The summed E-state index contributed by atoms with van der Waals surface area (Å²) in [6, 6.07) is -0.287. The van der Waals surface area contributed by atoms with Crippen LogP contribution in [-0.4, -0.2) is 43.6 Å². The molecule has 2 aromatic heterocycles. The predicted molar refractivity (Wildman–Crippen MR) is 77.2 cm³/mol. The molecule has 0 bridgehead atoms. The largest absolute Gasteiger partial charge is 0.338 e. The monoisotopic (exact) mass is 307 g/mol. The molecule has 0 aliphatic carbocycles. The lowest BCUT2D eigenvalue weighted by atomic mass is 10.2. The van der Waals surface area contributed by atoms with Gasteiger partial charge in [-0.25, -0.2) is 4.79 Å². The third kappa shape index (κ3) is 4.58. The maximum Gasteiger partial charge on any atom is 0.314 e. The Balaban J connectivity index is 1.62. The van der Waals surface area contributed by atoms with Gasteiger partial charge in [-0.1, -0.05) is 0 Å². The second-order valence-corrected chi connectivity index (χ2v) is 4.67. The molecular weight excluding hydrogens is 290 g/mol. The number of carbonyl (C=O) groups excluding carboxylic acids is 1. The number of hydrogen-bond acceptors (Lipinski definition) is 5. The van der Waals surface area contributed by atoms with Gasteiger partial charge in [0.05, 0.1) is 17.7 Å². The van der Waals surface area contributed by atoms with Gasteiger partial charge in [0, 0.05) is 26.3 Å². The van der Waals surface area contributed by atoms with Crippen LogP contribution in [0.15, 0.2) is 24.8 Å². The maximum absolute atomic E-state index is 11.6.